The number of amides is 1. The highest BCUT2D eigenvalue weighted by Crippen LogP contribution is 2.42. The Labute approximate surface area is 146 Å². The Morgan fingerprint density at radius 2 is 2.32 bits per heavy atom. The van der Waals surface area contributed by atoms with Crippen LogP contribution in [-0.4, -0.2) is 52.8 Å². The molecule has 2 aliphatic heterocycles. The Hall–Kier alpha value is -2.41. The van der Waals surface area contributed by atoms with Crippen molar-refractivity contribution in [2.45, 2.75) is 25.4 Å². The molecule has 0 saturated carbocycles. The number of ether oxygens (including phenoxy) is 1. The fourth-order valence-corrected chi connectivity index (χ4v) is 3.76. The van der Waals surface area contributed by atoms with Crippen molar-refractivity contribution in [1.82, 2.24) is 15.0 Å². The quantitative estimate of drug-likeness (QED) is 0.896. The lowest BCUT2D eigenvalue weighted by atomic mass is 9.78. The first-order valence-electron chi connectivity index (χ1n) is 8.68. The van der Waals surface area contributed by atoms with E-state index in [-0.39, 0.29) is 11.5 Å². The zero-order valence-electron chi connectivity index (χ0n) is 14.3. The van der Waals surface area contributed by atoms with Gasteiger partial charge in [0.15, 0.2) is 5.69 Å². The van der Waals surface area contributed by atoms with E-state index in [9.17, 15) is 4.79 Å². The first-order valence-corrected chi connectivity index (χ1v) is 8.68. The largest absolute Gasteiger partial charge is 0.371 e. The third-order valence-corrected chi connectivity index (χ3v) is 5.11. The number of anilines is 1. The van der Waals surface area contributed by atoms with Gasteiger partial charge in [0.1, 0.15) is 17.2 Å². The van der Waals surface area contributed by atoms with Crippen LogP contribution in [0.15, 0.2) is 35.0 Å². The SMILES string of the molecule is Cc1cc(C(=O)N2CC3(C2)OCC[C@H]3CCNc2ccccn2)no1. The molecule has 2 aliphatic rings. The van der Waals surface area contributed by atoms with Gasteiger partial charge in [-0.05, 0) is 37.8 Å². The second-order valence-corrected chi connectivity index (χ2v) is 6.81. The fraction of sp³-hybridized carbons (Fsp3) is 0.500. The number of rotatable bonds is 5. The third-order valence-electron chi connectivity index (χ3n) is 5.11. The number of nitrogens with zero attached hydrogens (tertiary/aromatic N) is 3. The predicted octanol–water partition coefficient (Wildman–Crippen LogP) is 2.11. The topological polar surface area (TPSA) is 80.5 Å². The van der Waals surface area contributed by atoms with Crippen molar-refractivity contribution in [3.63, 3.8) is 0 Å². The monoisotopic (exact) mass is 342 g/mol. The molecule has 4 rings (SSSR count). The van der Waals surface area contributed by atoms with Gasteiger partial charge in [0.25, 0.3) is 5.91 Å². The molecule has 7 heteroatoms. The molecule has 7 nitrogen and oxygen atoms in total. The molecule has 1 atom stereocenters. The van der Waals surface area contributed by atoms with Gasteiger partial charge in [0.2, 0.25) is 0 Å². The summed E-state index contributed by atoms with van der Waals surface area (Å²) in [5.74, 6) is 1.91. The smallest absolute Gasteiger partial charge is 0.276 e. The number of hydrogen-bond acceptors (Lipinski definition) is 6. The van der Waals surface area contributed by atoms with Crippen molar-refractivity contribution < 1.29 is 14.1 Å². The van der Waals surface area contributed by atoms with Crippen LogP contribution in [0.25, 0.3) is 0 Å². The van der Waals surface area contributed by atoms with E-state index in [2.05, 4.69) is 15.5 Å². The van der Waals surface area contributed by atoms with Crippen LogP contribution < -0.4 is 5.32 Å². The van der Waals surface area contributed by atoms with E-state index in [1.54, 1.807) is 24.1 Å². The van der Waals surface area contributed by atoms with Gasteiger partial charge in [-0.2, -0.15) is 0 Å². The average Bonchev–Trinajstić information content (AvgIpc) is 3.20. The Kier molecular flexibility index (Phi) is 4.17. The molecule has 0 radical (unpaired) electrons. The second kappa shape index (κ2) is 6.48. The highest BCUT2D eigenvalue weighted by atomic mass is 16.5. The molecule has 2 fully saturated rings. The Morgan fingerprint density at radius 3 is 3.04 bits per heavy atom. The normalized spacial score (nSPS) is 21.3. The lowest BCUT2D eigenvalue weighted by Crippen LogP contribution is -2.66. The molecule has 0 bridgehead atoms. The number of aromatic nitrogens is 2. The molecule has 1 N–H and O–H groups in total. The van der Waals surface area contributed by atoms with Crippen LogP contribution in [0.5, 0.6) is 0 Å². The molecular weight excluding hydrogens is 320 g/mol. The van der Waals surface area contributed by atoms with E-state index in [0.717, 1.165) is 31.8 Å². The van der Waals surface area contributed by atoms with Crippen molar-refractivity contribution in [3.05, 3.63) is 41.9 Å². The van der Waals surface area contributed by atoms with Crippen molar-refractivity contribution in [2.24, 2.45) is 5.92 Å². The van der Waals surface area contributed by atoms with E-state index in [1.165, 1.54) is 0 Å². The second-order valence-electron chi connectivity index (χ2n) is 6.81. The van der Waals surface area contributed by atoms with Gasteiger partial charge in [-0.15, -0.1) is 0 Å². The maximum atomic E-state index is 12.4. The number of pyridine rings is 1. The molecule has 1 spiro atoms. The molecule has 2 aromatic heterocycles. The van der Waals surface area contributed by atoms with Crippen LogP contribution in [0.2, 0.25) is 0 Å². The predicted molar refractivity (Wildman–Crippen MR) is 91.3 cm³/mol. The Morgan fingerprint density at radius 1 is 1.44 bits per heavy atom. The Bertz CT molecular complexity index is 740. The minimum Gasteiger partial charge on any atom is -0.371 e. The fourth-order valence-electron chi connectivity index (χ4n) is 3.76. The summed E-state index contributed by atoms with van der Waals surface area (Å²) in [5, 5.41) is 7.16. The van der Waals surface area contributed by atoms with Gasteiger partial charge in [-0.1, -0.05) is 11.2 Å². The molecule has 25 heavy (non-hydrogen) atoms. The average molecular weight is 342 g/mol. The number of hydrogen-bond donors (Lipinski definition) is 1. The van der Waals surface area contributed by atoms with Gasteiger partial charge in [-0.25, -0.2) is 4.98 Å². The van der Waals surface area contributed by atoms with Gasteiger partial charge in [0, 0.05) is 25.4 Å². The molecule has 4 heterocycles. The number of carbonyl (C=O) groups is 1. The van der Waals surface area contributed by atoms with E-state index in [0.29, 0.717) is 30.5 Å². The van der Waals surface area contributed by atoms with Gasteiger partial charge in [-0.3, -0.25) is 4.79 Å². The summed E-state index contributed by atoms with van der Waals surface area (Å²) >= 11 is 0. The summed E-state index contributed by atoms with van der Waals surface area (Å²) in [6.07, 6.45) is 3.82. The van der Waals surface area contributed by atoms with E-state index in [1.807, 2.05) is 18.2 Å². The number of carbonyl (C=O) groups excluding carboxylic acids is 1. The minimum atomic E-state index is -0.194. The molecule has 1 amide bonds. The van der Waals surface area contributed by atoms with E-state index >= 15 is 0 Å². The standard InChI is InChI=1S/C18H22N4O3/c1-13-10-15(21-25-13)17(23)22-11-18(12-22)14(6-9-24-18)5-8-20-16-4-2-3-7-19-16/h2-4,7,10,14H,5-6,8-9,11-12H2,1H3,(H,19,20)/t14-/m1/s1. The van der Waals surface area contributed by atoms with Crippen molar-refractivity contribution in [1.29, 1.82) is 0 Å². The summed E-state index contributed by atoms with van der Waals surface area (Å²) in [5.41, 5.74) is 0.180. The molecule has 0 aliphatic carbocycles. The van der Waals surface area contributed by atoms with E-state index in [4.69, 9.17) is 9.26 Å². The summed E-state index contributed by atoms with van der Waals surface area (Å²) in [4.78, 5) is 18.5. The number of aryl methyl sites for hydroxylation is 1. The summed E-state index contributed by atoms with van der Waals surface area (Å²) in [7, 11) is 0. The maximum absolute atomic E-state index is 12.4. The van der Waals surface area contributed by atoms with Crippen molar-refractivity contribution in [2.75, 3.05) is 31.6 Å². The summed E-state index contributed by atoms with van der Waals surface area (Å²) in [6.45, 7) is 4.66. The molecule has 2 saturated heterocycles. The number of likely N-dealkylation sites (tertiary alicyclic amines) is 1. The molecule has 0 unspecified atom stereocenters. The zero-order valence-corrected chi connectivity index (χ0v) is 14.3. The highest BCUT2D eigenvalue weighted by molar-refractivity contribution is 5.93. The Balaban J connectivity index is 1.31. The minimum absolute atomic E-state index is 0.0802. The third kappa shape index (κ3) is 3.11. The van der Waals surface area contributed by atoms with Crippen LogP contribution in [0.4, 0.5) is 5.82 Å². The lowest BCUT2D eigenvalue weighted by Gasteiger charge is -2.50. The van der Waals surface area contributed by atoms with E-state index < -0.39 is 0 Å². The first kappa shape index (κ1) is 16.1. The van der Waals surface area contributed by atoms with Crippen LogP contribution in [-0.2, 0) is 4.74 Å². The van der Waals surface area contributed by atoms with Crippen molar-refractivity contribution >= 4 is 11.7 Å². The van der Waals surface area contributed by atoms with Gasteiger partial charge >= 0.3 is 0 Å². The molecular formula is C18H22N4O3. The molecule has 2 aromatic rings. The highest BCUT2D eigenvalue weighted by Gasteiger charge is 2.54. The van der Waals surface area contributed by atoms with Crippen molar-refractivity contribution in [3.8, 4) is 0 Å². The molecule has 0 aromatic carbocycles. The van der Waals surface area contributed by atoms with Gasteiger partial charge < -0.3 is 19.5 Å². The lowest BCUT2D eigenvalue weighted by molar-refractivity contribution is -0.117. The van der Waals surface area contributed by atoms with Gasteiger partial charge in [0.05, 0.1) is 13.1 Å². The zero-order chi connectivity index (χ0) is 17.3. The maximum Gasteiger partial charge on any atom is 0.276 e. The number of nitrogens with one attached hydrogen (secondary N) is 1. The van der Waals surface area contributed by atoms with Crippen LogP contribution in [0.1, 0.15) is 29.1 Å². The van der Waals surface area contributed by atoms with Crippen LogP contribution in [0, 0.1) is 12.8 Å². The van der Waals surface area contributed by atoms with Crippen LogP contribution >= 0.6 is 0 Å². The summed E-state index contributed by atoms with van der Waals surface area (Å²) in [6, 6.07) is 7.51. The first-order chi connectivity index (χ1) is 12.2. The summed E-state index contributed by atoms with van der Waals surface area (Å²) < 4.78 is 11.0. The molecule has 132 valence electrons. The van der Waals surface area contributed by atoms with Crippen LogP contribution in [0.3, 0.4) is 0 Å².